The predicted octanol–water partition coefficient (Wildman–Crippen LogP) is 2.44. The van der Waals surface area contributed by atoms with Gasteiger partial charge in [0.2, 0.25) is 0 Å². The number of nitrogens with one attached hydrogen (secondary N) is 1. The van der Waals surface area contributed by atoms with Crippen LogP contribution in [0.1, 0.15) is 12.0 Å². The smallest absolute Gasteiger partial charge is 0.269 e. The van der Waals surface area contributed by atoms with E-state index in [1.54, 1.807) is 12.1 Å². The van der Waals surface area contributed by atoms with E-state index in [0.29, 0.717) is 0 Å². The van der Waals surface area contributed by atoms with Crippen LogP contribution in [0.3, 0.4) is 0 Å². The summed E-state index contributed by atoms with van der Waals surface area (Å²) in [7, 11) is 0. The lowest BCUT2D eigenvalue weighted by Gasteiger charge is -2.09. The molecular weight excluding hydrogens is 236 g/mol. The van der Waals surface area contributed by atoms with Gasteiger partial charge in [-0.2, -0.15) is 11.8 Å². The molecule has 0 radical (unpaired) electrons. The van der Waals surface area contributed by atoms with Gasteiger partial charge in [-0.05, 0) is 36.0 Å². The summed E-state index contributed by atoms with van der Waals surface area (Å²) in [6, 6.07) is 6.74. The number of hydrogen-bond donors (Lipinski definition) is 1. The molecule has 1 aliphatic rings. The zero-order valence-electron chi connectivity index (χ0n) is 9.59. The van der Waals surface area contributed by atoms with Crippen molar-refractivity contribution in [3.63, 3.8) is 0 Å². The number of nitrogens with zero attached hydrogens (tertiary/aromatic N) is 1. The van der Waals surface area contributed by atoms with E-state index in [4.69, 9.17) is 0 Å². The van der Waals surface area contributed by atoms with Gasteiger partial charge in [-0.15, -0.1) is 0 Å². The summed E-state index contributed by atoms with van der Waals surface area (Å²) < 4.78 is 0. The van der Waals surface area contributed by atoms with Gasteiger partial charge in [0, 0.05) is 18.7 Å². The Kier molecular flexibility index (Phi) is 4.39. The van der Waals surface area contributed by atoms with Crippen LogP contribution < -0.4 is 5.32 Å². The van der Waals surface area contributed by atoms with Gasteiger partial charge in [-0.25, -0.2) is 0 Å². The second-order valence-electron chi connectivity index (χ2n) is 4.28. The summed E-state index contributed by atoms with van der Waals surface area (Å²) in [6.45, 7) is 1.84. The summed E-state index contributed by atoms with van der Waals surface area (Å²) in [5.74, 6) is 3.33. The Morgan fingerprint density at radius 2 is 2.18 bits per heavy atom. The second kappa shape index (κ2) is 6.02. The van der Waals surface area contributed by atoms with Crippen molar-refractivity contribution in [3.8, 4) is 0 Å². The molecule has 1 heterocycles. The molecule has 0 amide bonds. The molecule has 0 aliphatic carbocycles. The summed E-state index contributed by atoms with van der Waals surface area (Å²) in [5, 5.41) is 13.9. The zero-order chi connectivity index (χ0) is 12.1. The first-order chi connectivity index (χ1) is 8.25. The lowest BCUT2D eigenvalue weighted by Crippen LogP contribution is -2.22. The van der Waals surface area contributed by atoms with Crippen molar-refractivity contribution >= 4 is 17.4 Å². The van der Waals surface area contributed by atoms with Crippen LogP contribution in [0.5, 0.6) is 0 Å². The number of nitro groups is 1. The lowest BCUT2D eigenvalue weighted by molar-refractivity contribution is -0.384. The molecule has 92 valence electrons. The van der Waals surface area contributed by atoms with E-state index in [1.807, 2.05) is 23.9 Å². The maximum absolute atomic E-state index is 10.5. The van der Waals surface area contributed by atoms with Crippen molar-refractivity contribution in [2.75, 3.05) is 18.1 Å². The minimum absolute atomic E-state index is 0.154. The average molecular weight is 252 g/mol. The Hall–Kier alpha value is -1.07. The third-order valence-corrected chi connectivity index (χ3v) is 4.16. The second-order valence-corrected chi connectivity index (χ2v) is 5.43. The highest BCUT2D eigenvalue weighted by atomic mass is 32.2. The molecule has 0 bridgehead atoms. The summed E-state index contributed by atoms with van der Waals surface area (Å²) in [5.41, 5.74) is 1.25. The van der Waals surface area contributed by atoms with Gasteiger partial charge in [0.25, 0.3) is 5.69 Å². The molecule has 1 aromatic carbocycles. The monoisotopic (exact) mass is 252 g/mol. The lowest BCUT2D eigenvalue weighted by atomic mass is 10.1. The largest absolute Gasteiger partial charge is 0.312 e. The van der Waals surface area contributed by atoms with Crippen LogP contribution in [-0.4, -0.2) is 23.0 Å². The van der Waals surface area contributed by atoms with Gasteiger partial charge < -0.3 is 5.32 Å². The molecule has 1 aromatic rings. The number of thioether (sulfide) groups is 1. The van der Waals surface area contributed by atoms with Crippen LogP contribution in [0.25, 0.3) is 0 Å². The van der Waals surface area contributed by atoms with Gasteiger partial charge >= 0.3 is 0 Å². The van der Waals surface area contributed by atoms with Crippen molar-refractivity contribution in [3.05, 3.63) is 39.9 Å². The Morgan fingerprint density at radius 3 is 2.76 bits per heavy atom. The minimum atomic E-state index is -0.368. The molecule has 0 aromatic heterocycles. The predicted molar refractivity (Wildman–Crippen MR) is 70.2 cm³/mol. The Balaban J connectivity index is 1.76. The first-order valence-electron chi connectivity index (χ1n) is 5.77. The van der Waals surface area contributed by atoms with Crippen molar-refractivity contribution < 1.29 is 4.92 Å². The Labute approximate surface area is 105 Å². The Bertz CT molecular complexity index is 375. The van der Waals surface area contributed by atoms with E-state index in [2.05, 4.69) is 5.32 Å². The maximum Gasteiger partial charge on any atom is 0.269 e. The molecule has 1 saturated heterocycles. The standard InChI is InChI=1S/C12H16N2O2S/c15-14(16)12-3-1-10(2-4-12)7-13-8-11-5-6-17-9-11/h1-4,11,13H,5-9H2. The van der Waals surface area contributed by atoms with Crippen LogP contribution in [-0.2, 0) is 6.54 Å². The van der Waals surface area contributed by atoms with Crippen LogP contribution in [0.4, 0.5) is 5.69 Å². The SMILES string of the molecule is O=[N+]([O-])c1ccc(CNCC2CCSC2)cc1. The molecule has 1 N–H and O–H groups in total. The third-order valence-electron chi connectivity index (χ3n) is 2.93. The third kappa shape index (κ3) is 3.71. The van der Waals surface area contributed by atoms with Gasteiger partial charge in [0.15, 0.2) is 0 Å². The Morgan fingerprint density at radius 1 is 1.41 bits per heavy atom. The van der Waals surface area contributed by atoms with E-state index in [0.717, 1.165) is 24.6 Å². The molecule has 4 nitrogen and oxygen atoms in total. The molecule has 17 heavy (non-hydrogen) atoms. The molecular formula is C12H16N2O2S. The molecule has 2 rings (SSSR count). The molecule has 1 aliphatic heterocycles. The number of rotatable bonds is 5. The highest BCUT2D eigenvalue weighted by Crippen LogP contribution is 2.22. The maximum atomic E-state index is 10.5. The van der Waals surface area contributed by atoms with E-state index >= 15 is 0 Å². The molecule has 1 atom stereocenters. The van der Waals surface area contributed by atoms with E-state index in [9.17, 15) is 10.1 Å². The average Bonchev–Trinajstić information content (AvgIpc) is 2.83. The van der Waals surface area contributed by atoms with Crippen LogP contribution in [0.2, 0.25) is 0 Å². The topological polar surface area (TPSA) is 55.2 Å². The van der Waals surface area contributed by atoms with Crippen molar-refractivity contribution in [2.24, 2.45) is 5.92 Å². The molecule has 0 saturated carbocycles. The van der Waals surface area contributed by atoms with Crippen molar-refractivity contribution in [2.45, 2.75) is 13.0 Å². The van der Waals surface area contributed by atoms with Gasteiger partial charge in [-0.1, -0.05) is 12.1 Å². The molecule has 1 fully saturated rings. The zero-order valence-corrected chi connectivity index (χ0v) is 10.4. The van der Waals surface area contributed by atoms with E-state index in [-0.39, 0.29) is 10.6 Å². The molecule has 1 unspecified atom stereocenters. The van der Waals surface area contributed by atoms with Crippen LogP contribution >= 0.6 is 11.8 Å². The number of benzene rings is 1. The summed E-state index contributed by atoms with van der Waals surface area (Å²) in [6.07, 6.45) is 1.30. The number of non-ortho nitro benzene ring substituents is 1. The fraction of sp³-hybridized carbons (Fsp3) is 0.500. The van der Waals surface area contributed by atoms with Gasteiger partial charge in [0.1, 0.15) is 0 Å². The van der Waals surface area contributed by atoms with E-state index in [1.165, 1.54) is 17.9 Å². The van der Waals surface area contributed by atoms with Gasteiger partial charge in [-0.3, -0.25) is 10.1 Å². The summed E-state index contributed by atoms with van der Waals surface area (Å²) >= 11 is 2.02. The first-order valence-corrected chi connectivity index (χ1v) is 6.93. The van der Waals surface area contributed by atoms with Crippen LogP contribution in [0.15, 0.2) is 24.3 Å². The minimum Gasteiger partial charge on any atom is -0.312 e. The highest BCUT2D eigenvalue weighted by molar-refractivity contribution is 7.99. The fourth-order valence-electron chi connectivity index (χ4n) is 1.90. The molecule has 5 heteroatoms. The number of hydrogen-bond acceptors (Lipinski definition) is 4. The fourth-order valence-corrected chi connectivity index (χ4v) is 3.18. The van der Waals surface area contributed by atoms with Gasteiger partial charge in [0.05, 0.1) is 4.92 Å². The first kappa shape index (κ1) is 12.4. The van der Waals surface area contributed by atoms with Crippen LogP contribution in [0, 0.1) is 16.0 Å². The summed E-state index contributed by atoms with van der Waals surface area (Å²) in [4.78, 5) is 10.1. The number of nitro benzene ring substituents is 1. The molecule has 0 spiro atoms. The normalized spacial score (nSPS) is 19.4. The van der Waals surface area contributed by atoms with E-state index < -0.39 is 0 Å². The quantitative estimate of drug-likeness (QED) is 0.646. The van der Waals surface area contributed by atoms with Crippen molar-refractivity contribution in [1.29, 1.82) is 0 Å². The van der Waals surface area contributed by atoms with Crippen molar-refractivity contribution in [1.82, 2.24) is 5.32 Å². The highest BCUT2D eigenvalue weighted by Gasteiger charge is 2.14.